The fraction of sp³-hybridized carbons (Fsp3) is 0.667. The van der Waals surface area contributed by atoms with Gasteiger partial charge in [-0.3, -0.25) is 4.79 Å². The Balaban J connectivity index is 0. The van der Waals surface area contributed by atoms with E-state index in [-0.39, 0.29) is 11.4 Å². The van der Waals surface area contributed by atoms with E-state index in [9.17, 15) is 4.79 Å². The highest BCUT2D eigenvalue weighted by Crippen LogP contribution is 2.25. The minimum absolute atomic E-state index is 0.0940. The summed E-state index contributed by atoms with van der Waals surface area (Å²) in [5, 5.41) is 2.85. The molecule has 0 aliphatic heterocycles. The highest BCUT2D eigenvalue weighted by Gasteiger charge is 2.16. The number of rotatable bonds is 4. The van der Waals surface area contributed by atoms with E-state index < -0.39 is 7.82 Å². The van der Waals surface area contributed by atoms with Gasteiger partial charge in [0.1, 0.15) is 0 Å². The zero-order valence-electron chi connectivity index (χ0n) is 9.80. The van der Waals surface area contributed by atoms with Gasteiger partial charge in [0.2, 0.25) is 5.91 Å². The van der Waals surface area contributed by atoms with E-state index in [2.05, 4.69) is 18.8 Å². The van der Waals surface area contributed by atoms with Crippen LogP contribution in [0.15, 0.2) is 12.7 Å². The Hall–Kier alpha value is -0.680. The number of hydrogen-bond acceptors (Lipinski definition) is 2. The Bertz CT molecular complexity index is 263. The lowest BCUT2D eigenvalue weighted by Crippen LogP contribution is -2.42. The van der Waals surface area contributed by atoms with Crippen LogP contribution in [-0.4, -0.2) is 26.1 Å². The topological polar surface area (TPSA) is 107 Å². The number of carbonyl (C=O) groups is 1. The van der Waals surface area contributed by atoms with Gasteiger partial charge in [-0.1, -0.05) is 19.9 Å². The van der Waals surface area contributed by atoms with E-state index in [4.69, 9.17) is 19.2 Å². The van der Waals surface area contributed by atoms with Crippen molar-refractivity contribution in [2.75, 3.05) is 0 Å². The predicted octanol–water partition coefficient (Wildman–Crippen LogP) is 0.939. The van der Waals surface area contributed by atoms with Gasteiger partial charge in [0.15, 0.2) is 0 Å². The maximum atomic E-state index is 10.9. The number of phosphoric acid groups is 1. The van der Waals surface area contributed by atoms with Crippen molar-refractivity contribution in [3.05, 3.63) is 12.7 Å². The molecule has 0 rings (SSSR count). The zero-order valence-corrected chi connectivity index (χ0v) is 10.7. The van der Waals surface area contributed by atoms with E-state index in [1.54, 1.807) is 0 Å². The molecule has 6 nitrogen and oxygen atoms in total. The van der Waals surface area contributed by atoms with Gasteiger partial charge in [0.25, 0.3) is 0 Å². The molecule has 1 amide bonds. The van der Waals surface area contributed by atoms with Crippen LogP contribution in [0.4, 0.5) is 0 Å². The van der Waals surface area contributed by atoms with Crippen molar-refractivity contribution in [2.45, 2.75) is 39.2 Å². The fourth-order valence-corrected chi connectivity index (χ4v) is 1.07. The first-order chi connectivity index (χ1) is 7.02. The highest BCUT2D eigenvalue weighted by molar-refractivity contribution is 7.45. The Morgan fingerprint density at radius 3 is 2.06 bits per heavy atom. The first kappa shape index (κ1) is 17.7. The van der Waals surface area contributed by atoms with Crippen molar-refractivity contribution in [3.8, 4) is 0 Å². The van der Waals surface area contributed by atoms with Gasteiger partial charge < -0.3 is 20.0 Å². The van der Waals surface area contributed by atoms with Gasteiger partial charge in [-0.05, 0) is 26.3 Å². The molecule has 0 saturated carbocycles. The van der Waals surface area contributed by atoms with Gasteiger partial charge in [-0.15, -0.1) is 0 Å². The molecule has 96 valence electrons. The molecule has 0 unspecified atom stereocenters. The van der Waals surface area contributed by atoms with E-state index in [1.807, 2.05) is 13.8 Å². The molecule has 0 atom stereocenters. The third-order valence-corrected chi connectivity index (χ3v) is 1.52. The van der Waals surface area contributed by atoms with Crippen LogP contribution < -0.4 is 5.32 Å². The molecule has 7 heteroatoms. The standard InChI is InChI=1S/C9H17NO.H3O4P/c1-5-7-9(3,4)10-8(11)6-2;1-5(2,3)4/h6H,2,5,7H2,1,3-4H3,(H,10,11);(H3,1,2,3,4). The Kier molecular flexibility index (Phi) is 8.38. The van der Waals surface area contributed by atoms with Crippen LogP contribution >= 0.6 is 7.82 Å². The monoisotopic (exact) mass is 253 g/mol. The number of carbonyl (C=O) groups excluding carboxylic acids is 1. The molecular weight excluding hydrogens is 233 g/mol. The van der Waals surface area contributed by atoms with Crippen LogP contribution in [0.5, 0.6) is 0 Å². The molecule has 0 aliphatic rings. The maximum absolute atomic E-state index is 10.9. The molecule has 0 spiro atoms. The summed E-state index contributed by atoms with van der Waals surface area (Å²) in [6.45, 7) is 9.52. The summed E-state index contributed by atoms with van der Waals surface area (Å²) >= 11 is 0. The lowest BCUT2D eigenvalue weighted by molar-refractivity contribution is -0.118. The van der Waals surface area contributed by atoms with E-state index in [1.165, 1.54) is 6.08 Å². The van der Waals surface area contributed by atoms with Crippen molar-refractivity contribution in [3.63, 3.8) is 0 Å². The Morgan fingerprint density at radius 1 is 1.44 bits per heavy atom. The molecule has 4 N–H and O–H groups in total. The maximum Gasteiger partial charge on any atom is 0.466 e. The molecular formula is C9H20NO5P. The number of amides is 1. The molecule has 0 saturated heterocycles. The van der Waals surface area contributed by atoms with Crippen molar-refractivity contribution in [1.82, 2.24) is 5.32 Å². The van der Waals surface area contributed by atoms with Crippen LogP contribution in [0.3, 0.4) is 0 Å². The van der Waals surface area contributed by atoms with Gasteiger partial charge in [0, 0.05) is 5.54 Å². The second-order valence-electron chi connectivity index (χ2n) is 3.84. The molecule has 0 fully saturated rings. The summed E-state index contributed by atoms with van der Waals surface area (Å²) in [5.41, 5.74) is -0.0972. The Labute approximate surface area is 95.6 Å². The summed E-state index contributed by atoms with van der Waals surface area (Å²) in [5.74, 6) is -0.0940. The third-order valence-electron chi connectivity index (χ3n) is 1.52. The Morgan fingerprint density at radius 2 is 1.81 bits per heavy atom. The number of nitrogens with one attached hydrogen (secondary N) is 1. The first-order valence-electron chi connectivity index (χ1n) is 4.74. The minimum Gasteiger partial charge on any atom is -0.348 e. The first-order valence-corrected chi connectivity index (χ1v) is 6.31. The van der Waals surface area contributed by atoms with Crippen molar-refractivity contribution >= 4 is 13.7 Å². The molecule has 0 radical (unpaired) electrons. The SMILES string of the molecule is C=CC(=O)NC(C)(C)CCC.O=P(O)(O)O. The molecule has 0 aliphatic carbocycles. The van der Waals surface area contributed by atoms with E-state index in [0.29, 0.717) is 0 Å². The molecule has 0 heterocycles. The smallest absolute Gasteiger partial charge is 0.348 e. The normalized spacial score (nSPS) is 11.1. The molecule has 16 heavy (non-hydrogen) atoms. The largest absolute Gasteiger partial charge is 0.466 e. The molecule has 0 aromatic heterocycles. The van der Waals surface area contributed by atoms with Gasteiger partial charge in [0.05, 0.1) is 0 Å². The van der Waals surface area contributed by atoms with Crippen LogP contribution in [0.2, 0.25) is 0 Å². The minimum atomic E-state index is -4.64. The molecule has 0 bridgehead atoms. The van der Waals surface area contributed by atoms with Crippen molar-refractivity contribution in [2.24, 2.45) is 0 Å². The van der Waals surface area contributed by atoms with Crippen LogP contribution in [-0.2, 0) is 9.36 Å². The lowest BCUT2D eigenvalue weighted by Gasteiger charge is -2.24. The van der Waals surface area contributed by atoms with Crippen LogP contribution in [0.1, 0.15) is 33.6 Å². The average molecular weight is 253 g/mol. The quantitative estimate of drug-likeness (QED) is 0.440. The fourth-order valence-electron chi connectivity index (χ4n) is 1.07. The van der Waals surface area contributed by atoms with Gasteiger partial charge in [-0.25, -0.2) is 4.57 Å². The van der Waals surface area contributed by atoms with Gasteiger partial charge >= 0.3 is 7.82 Å². The number of hydrogen-bond donors (Lipinski definition) is 4. The summed E-state index contributed by atoms with van der Waals surface area (Å²) in [4.78, 5) is 32.4. The molecule has 0 aromatic carbocycles. The van der Waals surface area contributed by atoms with Crippen LogP contribution in [0, 0.1) is 0 Å². The summed E-state index contributed by atoms with van der Waals surface area (Å²) in [6.07, 6.45) is 3.37. The summed E-state index contributed by atoms with van der Waals surface area (Å²) in [6, 6.07) is 0. The summed E-state index contributed by atoms with van der Waals surface area (Å²) < 4.78 is 8.88. The van der Waals surface area contributed by atoms with Crippen molar-refractivity contribution < 1.29 is 24.0 Å². The zero-order chi connectivity index (χ0) is 13.4. The summed E-state index contributed by atoms with van der Waals surface area (Å²) in [7, 11) is -4.64. The third kappa shape index (κ3) is 19.0. The second kappa shape index (κ2) is 7.57. The van der Waals surface area contributed by atoms with Crippen molar-refractivity contribution in [1.29, 1.82) is 0 Å². The molecule has 0 aromatic rings. The predicted molar refractivity (Wildman–Crippen MR) is 61.6 cm³/mol. The lowest BCUT2D eigenvalue weighted by atomic mass is 9.99. The highest BCUT2D eigenvalue weighted by atomic mass is 31.2. The second-order valence-corrected chi connectivity index (χ2v) is 4.87. The van der Waals surface area contributed by atoms with E-state index in [0.717, 1.165) is 12.8 Å². The van der Waals surface area contributed by atoms with Crippen LogP contribution in [0.25, 0.3) is 0 Å². The van der Waals surface area contributed by atoms with E-state index >= 15 is 0 Å². The van der Waals surface area contributed by atoms with Gasteiger partial charge in [-0.2, -0.15) is 0 Å². The average Bonchev–Trinajstić information content (AvgIpc) is 1.99.